The van der Waals surface area contributed by atoms with Gasteiger partial charge in [-0.3, -0.25) is 0 Å². The Hall–Kier alpha value is -1.38. The Morgan fingerprint density at radius 2 is 1.88 bits per heavy atom. The van der Waals surface area contributed by atoms with Crippen molar-refractivity contribution in [2.45, 2.75) is 19.4 Å². The van der Waals surface area contributed by atoms with Crippen LogP contribution in [0.2, 0.25) is 0 Å². The van der Waals surface area contributed by atoms with Crippen molar-refractivity contribution in [3.05, 3.63) is 48.0 Å². The average Bonchev–Trinajstić information content (AvgIpc) is 2.34. The zero-order valence-corrected chi connectivity index (χ0v) is 10.3. The van der Waals surface area contributed by atoms with E-state index in [-0.39, 0.29) is 6.04 Å². The second-order valence-electron chi connectivity index (χ2n) is 4.57. The Morgan fingerprint density at radius 3 is 2.71 bits per heavy atom. The molecule has 0 bridgehead atoms. The Labute approximate surface area is 103 Å². The number of benzene rings is 2. The first-order valence-corrected chi connectivity index (χ1v) is 6.20. The van der Waals surface area contributed by atoms with Crippen molar-refractivity contribution in [1.82, 2.24) is 5.32 Å². The number of nitrogens with two attached hydrogens (primary N) is 1. The van der Waals surface area contributed by atoms with Gasteiger partial charge in [0, 0.05) is 12.6 Å². The lowest BCUT2D eigenvalue weighted by molar-refractivity contribution is 0.609. The van der Waals surface area contributed by atoms with Gasteiger partial charge < -0.3 is 11.1 Å². The molecule has 2 nitrogen and oxygen atoms in total. The van der Waals surface area contributed by atoms with Crippen LogP contribution in [-0.4, -0.2) is 19.1 Å². The van der Waals surface area contributed by atoms with E-state index in [4.69, 9.17) is 5.73 Å². The molecule has 1 unspecified atom stereocenters. The van der Waals surface area contributed by atoms with E-state index >= 15 is 0 Å². The van der Waals surface area contributed by atoms with Crippen LogP contribution in [0.5, 0.6) is 0 Å². The Kier molecular flexibility index (Phi) is 4.13. The first-order valence-electron chi connectivity index (χ1n) is 6.20. The highest BCUT2D eigenvalue weighted by Gasteiger charge is 2.00. The van der Waals surface area contributed by atoms with E-state index in [0.29, 0.717) is 0 Å². The molecule has 0 radical (unpaired) electrons. The fourth-order valence-corrected chi connectivity index (χ4v) is 2.06. The number of rotatable bonds is 5. The Morgan fingerprint density at radius 1 is 1.12 bits per heavy atom. The molecule has 0 aliphatic rings. The van der Waals surface area contributed by atoms with Gasteiger partial charge in [0.1, 0.15) is 0 Å². The number of nitrogens with one attached hydrogen (secondary N) is 1. The second kappa shape index (κ2) is 5.80. The molecule has 2 heteroatoms. The van der Waals surface area contributed by atoms with Crippen molar-refractivity contribution in [1.29, 1.82) is 0 Å². The van der Waals surface area contributed by atoms with Gasteiger partial charge in [-0.1, -0.05) is 42.5 Å². The lowest BCUT2D eigenvalue weighted by Gasteiger charge is -2.09. The lowest BCUT2D eigenvalue weighted by atomic mass is 10.0. The Balaban J connectivity index is 2.03. The molecule has 2 aromatic carbocycles. The summed E-state index contributed by atoms with van der Waals surface area (Å²) in [6, 6.07) is 15.3. The largest absolute Gasteiger partial charge is 0.327 e. The number of fused-ring (bicyclic) bond motifs is 1. The van der Waals surface area contributed by atoms with Crippen molar-refractivity contribution < 1.29 is 0 Å². The van der Waals surface area contributed by atoms with E-state index in [0.717, 1.165) is 19.5 Å². The smallest absolute Gasteiger partial charge is 0.0136 e. The molecular formula is C15H20N2. The van der Waals surface area contributed by atoms with Gasteiger partial charge in [0.05, 0.1) is 0 Å². The summed E-state index contributed by atoms with van der Waals surface area (Å²) < 4.78 is 0. The van der Waals surface area contributed by atoms with Gasteiger partial charge in [0.15, 0.2) is 0 Å². The van der Waals surface area contributed by atoms with Crippen molar-refractivity contribution in [2.24, 2.45) is 5.73 Å². The zero-order chi connectivity index (χ0) is 12.1. The zero-order valence-electron chi connectivity index (χ0n) is 10.3. The minimum absolute atomic E-state index is 0.225. The maximum atomic E-state index is 5.70. The summed E-state index contributed by atoms with van der Waals surface area (Å²) >= 11 is 0. The molecule has 0 aliphatic heterocycles. The molecular weight excluding hydrogens is 208 g/mol. The first kappa shape index (κ1) is 12.1. The van der Waals surface area contributed by atoms with Crippen molar-refractivity contribution in [3.8, 4) is 0 Å². The minimum atomic E-state index is 0.225. The molecule has 17 heavy (non-hydrogen) atoms. The molecule has 90 valence electrons. The lowest BCUT2D eigenvalue weighted by Crippen LogP contribution is -2.32. The number of hydrogen-bond donors (Lipinski definition) is 2. The van der Waals surface area contributed by atoms with E-state index in [1.54, 1.807) is 0 Å². The molecule has 0 fully saturated rings. The van der Waals surface area contributed by atoms with E-state index in [9.17, 15) is 0 Å². The molecule has 2 aromatic rings. The van der Waals surface area contributed by atoms with Gasteiger partial charge in [0.25, 0.3) is 0 Å². The van der Waals surface area contributed by atoms with Crippen LogP contribution in [0.4, 0.5) is 0 Å². The summed E-state index contributed by atoms with van der Waals surface area (Å²) in [7, 11) is 0. The monoisotopic (exact) mass is 228 g/mol. The Bertz CT molecular complexity index is 472. The normalized spacial score (nSPS) is 12.8. The third kappa shape index (κ3) is 3.29. The quantitative estimate of drug-likeness (QED) is 0.771. The van der Waals surface area contributed by atoms with Crippen molar-refractivity contribution >= 4 is 10.8 Å². The van der Waals surface area contributed by atoms with Gasteiger partial charge in [-0.25, -0.2) is 0 Å². The van der Waals surface area contributed by atoms with Gasteiger partial charge >= 0.3 is 0 Å². The summed E-state index contributed by atoms with van der Waals surface area (Å²) in [5.41, 5.74) is 7.10. The van der Waals surface area contributed by atoms with Crippen LogP contribution < -0.4 is 11.1 Å². The molecule has 0 saturated carbocycles. The summed E-state index contributed by atoms with van der Waals surface area (Å²) in [5.74, 6) is 0. The van der Waals surface area contributed by atoms with Crippen LogP contribution in [0.3, 0.4) is 0 Å². The highest BCUT2D eigenvalue weighted by atomic mass is 14.9. The fraction of sp³-hybridized carbons (Fsp3) is 0.333. The van der Waals surface area contributed by atoms with E-state index in [2.05, 4.69) is 47.8 Å². The van der Waals surface area contributed by atoms with Crippen molar-refractivity contribution in [2.75, 3.05) is 13.1 Å². The third-order valence-corrected chi connectivity index (χ3v) is 2.92. The molecule has 0 aliphatic carbocycles. The predicted octanol–water partition coefficient (Wildman–Crippen LogP) is 2.32. The molecule has 0 saturated heterocycles. The molecule has 0 heterocycles. The topological polar surface area (TPSA) is 38.0 Å². The van der Waals surface area contributed by atoms with Crippen LogP contribution >= 0.6 is 0 Å². The third-order valence-electron chi connectivity index (χ3n) is 2.92. The molecule has 2 rings (SSSR count). The highest BCUT2D eigenvalue weighted by Crippen LogP contribution is 2.18. The minimum Gasteiger partial charge on any atom is -0.327 e. The van der Waals surface area contributed by atoms with Crippen LogP contribution in [0.25, 0.3) is 10.8 Å². The SMILES string of the molecule is CC(N)CNCCc1cccc2ccccc12. The number of hydrogen-bond acceptors (Lipinski definition) is 2. The first-order chi connectivity index (χ1) is 8.27. The molecule has 0 amide bonds. The van der Waals surface area contributed by atoms with Gasteiger partial charge in [-0.15, -0.1) is 0 Å². The fourth-order valence-electron chi connectivity index (χ4n) is 2.06. The van der Waals surface area contributed by atoms with Crippen LogP contribution in [0.1, 0.15) is 12.5 Å². The maximum Gasteiger partial charge on any atom is 0.0136 e. The van der Waals surface area contributed by atoms with Crippen LogP contribution in [0.15, 0.2) is 42.5 Å². The second-order valence-corrected chi connectivity index (χ2v) is 4.57. The van der Waals surface area contributed by atoms with E-state index < -0.39 is 0 Å². The maximum absolute atomic E-state index is 5.70. The standard InChI is InChI=1S/C15H20N2/c1-12(16)11-17-10-9-14-7-4-6-13-5-2-3-8-15(13)14/h2-8,12,17H,9-11,16H2,1H3. The van der Waals surface area contributed by atoms with Crippen molar-refractivity contribution in [3.63, 3.8) is 0 Å². The predicted molar refractivity (Wildman–Crippen MR) is 74.2 cm³/mol. The average molecular weight is 228 g/mol. The van der Waals surface area contributed by atoms with Gasteiger partial charge in [-0.05, 0) is 36.2 Å². The van der Waals surface area contributed by atoms with E-state index in [1.807, 2.05) is 6.92 Å². The molecule has 3 N–H and O–H groups in total. The molecule has 0 spiro atoms. The van der Waals surface area contributed by atoms with Gasteiger partial charge in [-0.2, -0.15) is 0 Å². The summed E-state index contributed by atoms with van der Waals surface area (Å²) in [5, 5.41) is 6.05. The van der Waals surface area contributed by atoms with E-state index in [1.165, 1.54) is 16.3 Å². The highest BCUT2D eigenvalue weighted by molar-refractivity contribution is 5.85. The van der Waals surface area contributed by atoms with Crippen LogP contribution in [-0.2, 0) is 6.42 Å². The molecule has 1 atom stereocenters. The summed E-state index contributed by atoms with van der Waals surface area (Å²) in [6.45, 7) is 3.88. The summed E-state index contributed by atoms with van der Waals surface area (Å²) in [4.78, 5) is 0. The van der Waals surface area contributed by atoms with Crippen LogP contribution in [0, 0.1) is 0 Å². The molecule has 0 aromatic heterocycles. The summed E-state index contributed by atoms with van der Waals surface area (Å²) in [6.07, 6.45) is 1.05. The van der Waals surface area contributed by atoms with Gasteiger partial charge in [0.2, 0.25) is 0 Å².